The normalized spacial score (nSPS) is 14.0. The van der Waals surface area contributed by atoms with Gasteiger partial charge in [0.05, 0.1) is 12.3 Å². The van der Waals surface area contributed by atoms with Crippen molar-refractivity contribution in [3.05, 3.63) is 35.0 Å². The Bertz CT molecular complexity index is 1130. The Hall–Kier alpha value is -2.38. The fraction of sp³-hybridized carbons (Fsp3) is 0.500. The number of aryl methyl sites for hydroxylation is 2. The number of rotatable bonds is 8. The van der Waals surface area contributed by atoms with Crippen LogP contribution in [0.1, 0.15) is 50.3 Å². The van der Waals surface area contributed by atoms with Gasteiger partial charge in [0.1, 0.15) is 5.82 Å². The predicted molar refractivity (Wildman–Crippen MR) is 120 cm³/mol. The van der Waals surface area contributed by atoms with Gasteiger partial charge in [-0.15, -0.1) is 0 Å². The first-order valence-electron chi connectivity index (χ1n) is 10.6. The Balaban J connectivity index is 2.22. The van der Waals surface area contributed by atoms with Crippen LogP contribution in [0.5, 0.6) is 0 Å². The summed E-state index contributed by atoms with van der Waals surface area (Å²) in [5, 5.41) is 13.2. The van der Waals surface area contributed by atoms with Crippen LogP contribution < -0.4 is 15.1 Å². The van der Waals surface area contributed by atoms with E-state index in [4.69, 9.17) is 4.65 Å². The van der Waals surface area contributed by atoms with Gasteiger partial charge < -0.3 is 15.0 Å². The fourth-order valence-electron chi connectivity index (χ4n) is 3.69. The average molecular weight is 486 g/mol. The number of nitrogens with zero attached hydrogens (tertiary/aromatic N) is 3. The van der Waals surface area contributed by atoms with E-state index < -0.39 is 28.6 Å². The van der Waals surface area contributed by atoms with Gasteiger partial charge in [-0.1, -0.05) is 20.8 Å². The molecule has 1 aromatic heterocycles. The molecule has 0 saturated heterocycles. The van der Waals surface area contributed by atoms with Crippen molar-refractivity contribution in [3.63, 3.8) is 0 Å². The van der Waals surface area contributed by atoms with Gasteiger partial charge >= 0.3 is 22.7 Å². The zero-order chi connectivity index (χ0) is 24.6. The lowest BCUT2D eigenvalue weighted by Gasteiger charge is -2.26. The smallest absolute Gasteiger partial charge is 0.423 e. The molecule has 2 aromatic rings. The second kappa shape index (κ2) is 9.47. The van der Waals surface area contributed by atoms with Crippen molar-refractivity contribution < 1.29 is 31.3 Å². The van der Waals surface area contributed by atoms with Gasteiger partial charge in [-0.3, -0.25) is 0 Å². The van der Waals surface area contributed by atoms with Gasteiger partial charge in [0, 0.05) is 17.8 Å². The molecule has 1 aliphatic heterocycles. The number of hydrogen-bond donors (Lipinski definition) is 2. The number of fused-ring (bicyclic) bond motifs is 1. The van der Waals surface area contributed by atoms with Gasteiger partial charge in [-0.2, -0.15) is 30.9 Å². The van der Waals surface area contributed by atoms with E-state index in [0.717, 1.165) is 12.8 Å². The van der Waals surface area contributed by atoms with E-state index in [1.165, 1.54) is 18.3 Å². The minimum Gasteiger partial charge on any atom is -0.423 e. The third-order valence-electron chi connectivity index (χ3n) is 5.60. The first kappa shape index (κ1) is 25.3. The summed E-state index contributed by atoms with van der Waals surface area (Å²) in [5.74, 6) is -0.375. The van der Waals surface area contributed by atoms with Crippen molar-refractivity contribution in [2.24, 2.45) is 0 Å². The molecule has 2 heterocycles. The SMILES string of the molecule is CCc1cc(N(c2ncc(C)c(NC(CC)CC)n2)S(=O)(=O)C(F)(F)F)cc2c1B(O)OC2. The van der Waals surface area contributed by atoms with Crippen molar-refractivity contribution >= 4 is 40.1 Å². The molecule has 0 amide bonds. The van der Waals surface area contributed by atoms with Crippen LogP contribution in [0, 0.1) is 6.92 Å². The first-order valence-corrected chi connectivity index (χ1v) is 12.1. The quantitative estimate of drug-likeness (QED) is 0.553. The number of benzene rings is 1. The summed E-state index contributed by atoms with van der Waals surface area (Å²) in [7, 11) is -7.11. The third kappa shape index (κ3) is 4.80. The molecular weight excluding hydrogens is 460 g/mol. The zero-order valence-electron chi connectivity index (χ0n) is 18.8. The Labute approximate surface area is 191 Å². The van der Waals surface area contributed by atoms with Crippen molar-refractivity contribution in [2.75, 3.05) is 9.62 Å². The van der Waals surface area contributed by atoms with Crippen molar-refractivity contribution in [2.45, 2.75) is 65.1 Å². The Morgan fingerprint density at radius 2 is 1.94 bits per heavy atom. The fourth-order valence-corrected chi connectivity index (χ4v) is 4.58. The standard InChI is InChI=1S/C20H26BF3N4O4S/c1-5-13-8-16(9-14-11-32-21(29)17(13)14)28(33(30,31)20(22,23)24)19-25-10-12(4)18(27-19)26-15(6-2)7-3/h8-10,15,29H,5-7,11H2,1-4H3,(H,25,26,27). The Morgan fingerprint density at radius 1 is 1.27 bits per heavy atom. The molecule has 13 heteroatoms. The Kier molecular flexibility index (Phi) is 7.25. The molecule has 1 aliphatic rings. The van der Waals surface area contributed by atoms with Crippen LogP contribution in [0.25, 0.3) is 0 Å². The number of halogens is 3. The van der Waals surface area contributed by atoms with Crippen LogP contribution >= 0.6 is 0 Å². The van der Waals surface area contributed by atoms with Crippen molar-refractivity contribution in [1.29, 1.82) is 0 Å². The van der Waals surface area contributed by atoms with E-state index in [2.05, 4.69) is 15.3 Å². The average Bonchev–Trinajstić information content (AvgIpc) is 3.13. The van der Waals surface area contributed by atoms with Crippen LogP contribution in [-0.4, -0.2) is 42.1 Å². The summed E-state index contributed by atoms with van der Waals surface area (Å²) in [4.78, 5) is 8.11. The van der Waals surface area contributed by atoms with Crippen LogP contribution in [0.15, 0.2) is 18.3 Å². The lowest BCUT2D eigenvalue weighted by molar-refractivity contribution is -0.0436. The molecule has 0 aliphatic carbocycles. The highest BCUT2D eigenvalue weighted by Gasteiger charge is 2.52. The van der Waals surface area contributed by atoms with Crippen molar-refractivity contribution in [1.82, 2.24) is 9.97 Å². The molecule has 180 valence electrons. The monoisotopic (exact) mass is 486 g/mol. The summed E-state index contributed by atoms with van der Waals surface area (Å²) in [6, 6.07) is 2.55. The summed E-state index contributed by atoms with van der Waals surface area (Å²) in [6.07, 6.45) is 3.11. The number of hydrogen-bond acceptors (Lipinski definition) is 7. The van der Waals surface area contributed by atoms with Crippen LogP contribution in [-0.2, 0) is 27.7 Å². The number of alkyl halides is 3. The second-order valence-corrected chi connectivity index (χ2v) is 9.55. The number of sulfonamides is 1. The number of nitrogens with one attached hydrogen (secondary N) is 1. The van der Waals surface area contributed by atoms with Gasteiger partial charge in [-0.25, -0.2) is 4.98 Å². The Morgan fingerprint density at radius 3 is 2.52 bits per heavy atom. The van der Waals surface area contributed by atoms with E-state index in [-0.39, 0.29) is 28.5 Å². The van der Waals surface area contributed by atoms with Crippen LogP contribution in [0.4, 0.5) is 30.6 Å². The molecule has 3 rings (SSSR count). The molecule has 2 N–H and O–H groups in total. The van der Waals surface area contributed by atoms with Crippen LogP contribution in [0.3, 0.4) is 0 Å². The topological polar surface area (TPSA) is 105 Å². The largest absolute Gasteiger partial charge is 0.517 e. The molecule has 1 aromatic carbocycles. The van der Waals surface area contributed by atoms with Gasteiger partial charge in [0.25, 0.3) is 0 Å². The number of aromatic nitrogens is 2. The van der Waals surface area contributed by atoms with Crippen LogP contribution in [0.2, 0.25) is 0 Å². The first-order chi connectivity index (χ1) is 15.4. The van der Waals surface area contributed by atoms with Gasteiger partial charge in [-0.05, 0) is 54.9 Å². The van der Waals surface area contributed by atoms with Gasteiger partial charge in [0.15, 0.2) is 0 Å². The highest BCUT2D eigenvalue weighted by atomic mass is 32.2. The highest BCUT2D eigenvalue weighted by molar-refractivity contribution is 7.94. The molecule has 33 heavy (non-hydrogen) atoms. The molecule has 0 fully saturated rings. The molecule has 0 spiro atoms. The predicted octanol–water partition coefficient (Wildman–Crippen LogP) is 3.15. The molecule has 0 bridgehead atoms. The van der Waals surface area contributed by atoms with E-state index in [0.29, 0.717) is 28.6 Å². The minimum absolute atomic E-state index is 0.00412. The molecule has 0 radical (unpaired) electrons. The maximum absolute atomic E-state index is 13.7. The third-order valence-corrected chi connectivity index (χ3v) is 7.03. The molecular formula is C20H26BF3N4O4S. The maximum Gasteiger partial charge on any atom is 0.517 e. The molecule has 0 saturated carbocycles. The second-order valence-electron chi connectivity index (χ2n) is 7.77. The lowest BCUT2D eigenvalue weighted by atomic mass is 9.75. The minimum atomic E-state index is -5.89. The van der Waals surface area contributed by atoms with E-state index in [1.807, 2.05) is 13.8 Å². The van der Waals surface area contributed by atoms with E-state index >= 15 is 0 Å². The maximum atomic E-state index is 13.7. The zero-order valence-corrected chi connectivity index (χ0v) is 19.6. The van der Waals surface area contributed by atoms with E-state index in [9.17, 15) is 26.6 Å². The summed E-state index contributed by atoms with van der Waals surface area (Å²) >= 11 is 0. The van der Waals surface area contributed by atoms with Crippen molar-refractivity contribution in [3.8, 4) is 0 Å². The molecule has 8 nitrogen and oxygen atoms in total. The van der Waals surface area contributed by atoms with E-state index in [1.54, 1.807) is 13.8 Å². The highest BCUT2D eigenvalue weighted by Crippen LogP contribution is 2.37. The summed E-state index contributed by atoms with van der Waals surface area (Å²) < 4.78 is 71.7. The lowest BCUT2D eigenvalue weighted by Crippen LogP contribution is -2.39. The molecule has 0 unspecified atom stereocenters. The van der Waals surface area contributed by atoms with Gasteiger partial charge in [0.2, 0.25) is 5.95 Å². The molecule has 0 atom stereocenters. The summed E-state index contributed by atoms with van der Waals surface area (Å²) in [6.45, 7) is 7.26. The summed E-state index contributed by atoms with van der Waals surface area (Å²) in [5.41, 5.74) is -4.00. The number of anilines is 3.